The molecule has 20 heavy (non-hydrogen) atoms. The number of hydrogen-bond donors (Lipinski definition) is 2. The number of carbonyl (C=O) groups excluding carboxylic acids is 1. The van der Waals surface area contributed by atoms with Crippen molar-refractivity contribution in [3.05, 3.63) is 47.3 Å². The van der Waals surface area contributed by atoms with Crippen molar-refractivity contribution >= 4 is 5.91 Å². The lowest BCUT2D eigenvalue weighted by Gasteiger charge is -2.06. The minimum Gasteiger partial charge on any atom is -0.352 e. The molecular formula is C15H20N4O. The molecule has 5 heteroatoms. The predicted molar refractivity (Wildman–Crippen MR) is 79.0 cm³/mol. The molecule has 0 spiro atoms. The Labute approximate surface area is 118 Å². The van der Waals surface area contributed by atoms with Crippen LogP contribution in [0.2, 0.25) is 0 Å². The quantitative estimate of drug-likeness (QED) is 0.811. The maximum Gasteiger partial charge on any atom is 0.255 e. The Bertz CT molecular complexity index is 589. The molecule has 2 aromatic rings. The second-order valence-electron chi connectivity index (χ2n) is 4.69. The summed E-state index contributed by atoms with van der Waals surface area (Å²) in [6.07, 6.45) is 0.774. The lowest BCUT2D eigenvalue weighted by molar-refractivity contribution is 0.0952. The molecule has 1 amide bonds. The molecule has 0 radical (unpaired) electrons. The van der Waals surface area contributed by atoms with Crippen molar-refractivity contribution in [2.45, 2.75) is 20.3 Å². The van der Waals surface area contributed by atoms with Crippen molar-refractivity contribution in [3.63, 3.8) is 0 Å². The fraction of sp³-hybridized carbons (Fsp3) is 0.333. The maximum absolute atomic E-state index is 12.2. The highest BCUT2D eigenvalue weighted by molar-refractivity contribution is 5.96. The molecule has 0 bridgehead atoms. The van der Waals surface area contributed by atoms with Gasteiger partial charge in [0, 0.05) is 6.54 Å². The number of rotatable bonds is 5. The van der Waals surface area contributed by atoms with Gasteiger partial charge in [0.25, 0.3) is 5.91 Å². The summed E-state index contributed by atoms with van der Waals surface area (Å²) in [6.45, 7) is 4.92. The van der Waals surface area contributed by atoms with Gasteiger partial charge in [0.05, 0.1) is 22.6 Å². The number of amides is 1. The average molecular weight is 272 g/mol. The molecule has 2 rings (SSSR count). The summed E-state index contributed by atoms with van der Waals surface area (Å²) in [6, 6.07) is 9.79. The van der Waals surface area contributed by atoms with Crippen LogP contribution in [0.25, 0.3) is 5.69 Å². The van der Waals surface area contributed by atoms with Gasteiger partial charge in [-0.05, 0) is 38.9 Å². The second-order valence-corrected chi connectivity index (χ2v) is 4.69. The Hall–Kier alpha value is -2.14. The molecule has 1 heterocycles. The van der Waals surface area contributed by atoms with E-state index < -0.39 is 0 Å². The SMILES string of the molecule is Cc1nn(-c2ccccc2)c(C)c1C(=O)NCCCN. The Morgan fingerprint density at radius 2 is 2.00 bits per heavy atom. The van der Waals surface area contributed by atoms with E-state index in [2.05, 4.69) is 10.4 Å². The van der Waals surface area contributed by atoms with E-state index in [0.717, 1.165) is 23.5 Å². The number of nitrogens with two attached hydrogens (primary N) is 1. The van der Waals surface area contributed by atoms with Gasteiger partial charge in [0.1, 0.15) is 0 Å². The third kappa shape index (κ3) is 2.88. The Kier molecular flexibility index (Phi) is 4.53. The van der Waals surface area contributed by atoms with Crippen LogP contribution < -0.4 is 11.1 Å². The Morgan fingerprint density at radius 3 is 2.65 bits per heavy atom. The number of nitrogens with one attached hydrogen (secondary N) is 1. The largest absolute Gasteiger partial charge is 0.352 e. The zero-order valence-corrected chi connectivity index (χ0v) is 11.9. The smallest absolute Gasteiger partial charge is 0.255 e. The highest BCUT2D eigenvalue weighted by Gasteiger charge is 2.18. The molecule has 106 valence electrons. The average Bonchev–Trinajstić information content (AvgIpc) is 2.75. The number of carbonyl (C=O) groups is 1. The molecule has 3 N–H and O–H groups in total. The van der Waals surface area contributed by atoms with Crippen LogP contribution >= 0.6 is 0 Å². The van der Waals surface area contributed by atoms with Crippen LogP contribution in [0.15, 0.2) is 30.3 Å². The van der Waals surface area contributed by atoms with Gasteiger partial charge < -0.3 is 11.1 Å². The van der Waals surface area contributed by atoms with Gasteiger partial charge in [-0.15, -0.1) is 0 Å². The van der Waals surface area contributed by atoms with Crippen LogP contribution in [0.3, 0.4) is 0 Å². The monoisotopic (exact) mass is 272 g/mol. The van der Waals surface area contributed by atoms with E-state index in [4.69, 9.17) is 5.73 Å². The summed E-state index contributed by atoms with van der Waals surface area (Å²) >= 11 is 0. The lowest BCUT2D eigenvalue weighted by atomic mass is 10.2. The molecular weight excluding hydrogens is 252 g/mol. The van der Waals surface area contributed by atoms with Crippen LogP contribution in [0.1, 0.15) is 28.2 Å². The van der Waals surface area contributed by atoms with Crippen LogP contribution in [-0.4, -0.2) is 28.8 Å². The number of hydrogen-bond acceptors (Lipinski definition) is 3. The van der Waals surface area contributed by atoms with Crippen molar-refractivity contribution in [3.8, 4) is 5.69 Å². The zero-order valence-electron chi connectivity index (χ0n) is 11.9. The van der Waals surface area contributed by atoms with E-state index in [1.807, 2.05) is 44.2 Å². The van der Waals surface area contributed by atoms with E-state index in [0.29, 0.717) is 18.7 Å². The van der Waals surface area contributed by atoms with E-state index in [1.165, 1.54) is 0 Å². The maximum atomic E-state index is 12.2. The highest BCUT2D eigenvalue weighted by Crippen LogP contribution is 2.17. The number of para-hydroxylation sites is 1. The first-order valence-corrected chi connectivity index (χ1v) is 6.75. The van der Waals surface area contributed by atoms with Gasteiger partial charge in [0.15, 0.2) is 0 Å². The zero-order chi connectivity index (χ0) is 14.5. The third-order valence-corrected chi connectivity index (χ3v) is 3.19. The molecule has 0 atom stereocenters. The van der Waals surface area contributed by atoms with Gasteiger partial charge in [-0.2, -0.15) is 5.10 Å². The van der Waals surface area contributed by atoms with Crippen molar-refractivity contribution in [2.75, 3.05) is 13.1 Å². The topological polar surface area (TPSA) is 72.9 Å². The summed E-state index contributed by atoms with van der Waals surface area (Å²) in [7, 11) is 0. The molecule has 0 aliphatic carbocycles. The molecule has 0 aliphatic rings. The van der Waals surface area contributed by atoms with Gasteiger partial charge in [-0.3, -0.25) is 4.79 Å². The first kappa shape index (κ1) is 14.3. The van der Waals surface area contributed by atoms with E-state index >= 15 is 0 Å². The van der Waals surface area contributed by atoms with Gasteiger partial charge >= 0.3 is 0 Å². The van der Waals surface area contributed by atoms with E-state index in [-0.39, 0.29) is 5.91 Å². The standard InChI is InChI=1S/C15H20N4O/c1-11-14(15(20)17-10-6-9-16)12(2)19(18-11)13-7-4-3-5-8-13/h3-5,7-8H,6,9-10,16H2,1-2H3,(H,17,20). The first-order valence-electron chi connectivity index (χ1n) is 6.75. The van der Waals surface area contributed by atoms with Gasteiger partial charge in [-0.1, -0.05) is 18.2 Å². The summed E-state index contributed by atoms with van der Waals surface area (Å²) < 4.78 is 1.80. The van der Waals surface area contributed by atoms with E-state index in [1.54, 1.807) is 4.68 Å². The van der Waals surface area contributed by atoms with Crippen molar-refractivity contribution in [1.29, 1.82) is 0 Å². The van der Waals surface area contributed by atoms with E-state index in [9.17, 15) is 4.79 Å². The molecule has 5 nitrogen and oxygen atoms in total. The molecule has 0 saturated carbocycles. The molecule has 1 aromatic carbocycles. The molecule has 1 aromatic heterocycles. The number of nitrogens with zero attached hydrogens (tertiary/aromatic N) is 2. The summed E-state index contributed by atoms with van der Waals surface area (Å²) in [4.78, 5) is 12.2. The number of aryl methyl sites for hydroxylation is 1. The highest BCUT2D eigenvalue weighted by atomic mass is 16.1. The van der Waals surface area contributed by atoms with Crippen molar-refractivity contribution < 1.29 is 4.79 Å². The summed E-state index contributed by atoms with van der Waals surface area (Å²) in [5.74, 6) is -0.0874. The predicted octanol–water partition coefficient (Wildman–Crippen LogP) is 1.57. The first-order chi connectivity index (χ1) is 9.65. The summed E-state index contributed by atoms with van der Waals surface area (Å²) in [5, 5.41) is 7.33. The lowest BCUT2D eigenvalue weighted by Crippen LogP contribution is -2.26. The number of aromatic nitrogens is 2. The van der Waals surface area contributed by atoms with Crippen molar-refractivity contribution in [2.24, 2.45) is 5.73 Å². The van der Waals surface area contributed by atoms with Crippen LogP contribution in [-0.2, 0) is 0 Å². The third-order valence-electron chi connectivity index (χ3n) is 3.19. The Morgan fingerprint density at radius 1 is 1.30 bits per heavy atom. The van der Waals surface area contributed by atoms with Crippen LogP contribution in [0.4, 0.5) is 0 Å². The minimum absolute atomic E-state index is 0.0874. The van der Waals surface area contributed by atoms with Crippen LogP contribution in [0, 0.1) is 13.8 Å². The fourth-order valence-corrected chi connectivity index (χ4v) is 2.18. The number of benzene rings is 1. The molecule has 0 fully saturated rings. The van der Waals surface area contributed by atoms with Crippen LogP contribution in [0.5, 0.6) is 0 Å². The van der Waals surface area contributed by atoms with Gasteiger partial charge in [-0.25, -0.2) is 4.68 Å². The molecule has 0 aliphatic heterocycles. The minimum atomic E-state index is -0.0874. The Balaban J connectivity index is 2.28. The molecule has 0 saturated heterocycles. The fourth-order valence-electron chi connectivity index (χ4n) is 2.18. The van der Waals surface area contributed by atoms with Gasteiger partial charge in [0.2, 0.25) is 0 Å². The summed E-state index contributed by atoms with van der Waals surface area (Å²) in [5.41, 5.74) is 8.60. The van der Waals surface area contributed by atoms with Crippen molar-refractivity contribution in [1.82, 2.24) is 15.1 Å². The molecule has 0 unspecified atom stereocenters. The second kappa shape index (κ2) is 6.34. The normalized spacial score (nSPS) is 10.6.